The van der Waals surface area contributed by atoms with Gasteiger partial charge in [-0.2, -0.15) is 0 Å². The van der Waals surface area contributed by atoms with Crippen LogP contribution in [0.5, 0.6) is 5.75 Å². The minimum Gasteiger partial charge on any atom is -0.505 e. The molecule has 0 aromatic heterocycles. The van der Waals surface area contributed by atoms with Gasteiger partial charge in [0.1, 0.15) is 11.5 Å². The number of fused-ring (bicyclic) bond motifs is 3. The molecule has 2 unspecified atom stereocenters. The lowest BCUT2D eigenvalue weighted by molar-refractivity contribution is -0.181. The van der Waals surface area contributed by atoms with Crippen LogP contribution in [0.25, 0.3) is 0 Å². The molecule has 44 heavy (non-hydrogen) atoms. The highest BCUT2D eigenvalue weighted by Crippen LogP contribution is 2.53. The van der Waals surface area contributed by atoms with Gasteiger partial charge in [-0.25, -0.2) is 9.38 Å². The summed E-state index contributed by atoms with van der Waals surface area (Å²) in [6, 6.07) is 5.61. The molecule has 0 radical (unpaired) electrons. The summed E-state index contributed by atoms with van der Waals surface area (Å²) in [6.07, 6.45) is 0.0339. The number of benzene rings is 2. The van der Waals surface area contributed by atoms with Crippen molar-refractivity contribution < 1.29 is 38.6 Å². The van der Waals surface area contributed by atoms with Crippen molar-refractivity contribution in [1.82, 2.24) is 4.90 Å². The Kier molecular flexibility index (Phi) is 7.54. The number of aliphatic hydroxyl groups is 1. The Morgan fingerprint density at radius 1 is 1.07 bits per heavy atom. The number of phenolic OH excluding ortho intramolecular Hbond substituents is 1. The van der Waals surface area contributed by atoms with Gasteiger partial charge in [0.05, 0.1) is 17.5 Å². The van der Waals surface area contributed by atoms with Crippen molar-refractivity contribution >= 4 is 52.1 Å². The number of nitrogens with zero attached hydrogens (tertiary/aromatic N) is 3. The van der Waals surface area contributed by atoms with Crippen LogP contribution >= 0.6 is 0 Å². The Bertz CT molecular complexity index is 1640. The summed E-state index contributed by atoms with van der Waals surface area (Å²) in [5.41, 5.74) is 9.60. The van der Waals surface area contributed by atoms with Gasteiger partial charge in [-0.1, -0.05) is 0 Å². The minimum absolute atomic E-state index is 0.0635. The fourth-order valence-electron chi connectivity index (χ4n) is 6.96. The van der Waals surface area contributed by atoms with Gasteiger partial charge in [0, 0.05) is 31.4 Å². The van der Waals surface area contributed by atoms with Crippen LogP contribution in [0.3, 0.4) is 0 Å². The third kappa shape index (κ3) is 4.61. The molecule has 3 aliphatic rings. The molecule has 6 atom stereocenters. The molecule has 2 aromatic rings. The summed E-state index contributed by atoms with van der Waals surface area (Å²) in [5, 5.41) is 25.8. The molecular formula is C30H33FN6O7. The van der Waals surface area contributed by atoms with E-state index in [1.807, 2.05) is 0 Å². The number of carbonyl (C=O) groups excluding carboxylic acids is 5. The summed E-state index contributed by atoms with van der Waals surface area (Å²) in [7, 11) is 6.48. The highest BCUT2D eigenvalue weighted by atomic mass is 19.1. The Balaban J connectivity index is 1.61. The molecule has 5 rings (SSSR count). The predicted octanol–water partition coefficient (Wildman–Crippen LogP) is 0.130. The zero-order valence-electron chi connectivity index (χ0n) is 24.5. The second-order valence-corrected chi connectivity index (χ2v) is 11.9. The number of aromatic hydroxyl groups is 1. The summed E-state index contributed by atoms with van der Waals surface area (Å²) in [6.45, 7) is 0. The number of anilines is 2. The van der Waals surface area contributed by atoms with E-state index in [9.17, 15) is 38.6 Å². The third-order valence-corrected chi connectivity index (χ3v) is 8.86. The van der Waals surface area contributed by atoms with Crippen molar-refractivity contribution in [2.45, 2.75) is 24.5 Å². The van der Waals surface area contributed by atoms with Gasteiger partial charge in [0.2, 0.25) is 5.91 Å². The van der Waals surface area contributed by atoms with Crippen molar-refractivity contribution in [1.29, 1.82) is 0 Å². The first-order chi connectivity index (χ1) is 20.6. The van der Waals surface area contributed by atoms with Crippen molar-refractivity contribution in [2.24, 2.45) is 40.1 Å². The molecule has 14 heteroatoms. The first kappa shape index (κ1) is 30.8. The van der Waals surface area contributed by atoms with E-state index >= 15 is 0 Å². The molecular weight excluding hydrogens is 575 g/mol. The van der Waals surface area contributed by atoms with E-state index < -0.39 is 75.9 Å². The zero-order valence-corrected chi connectivity index (χ0v) is 24.5. The van der Waals surface area contributed by atoms with Gasteiger partial charge in [0.15, 0.2) is 46.4 Å². The van der Waals surface area contributed by atoms with E-state index in [2.05, 4.69) is 10.3 Å². The van der Waals surface area contributed by atoms with Gasteiger partial charge in [-0.15, -0.1) is 0 Å². The Morgan fingerprint density at radius 3 is 2.27 bits per heavy atom. The van der Waals surface area contributed by atoms with Crippen LogP contribution < -0.4 is 21.7 Å². The van der Waals surface area contributed by atoms with E-state index in [0.717, 1.165) is 0 Å². The smallest absolute Gasteiger partial charge is 0.235 e. The summed E-state index contributed by atoms with van der Waals surface area (Å²) in [4.78, 5) is 74.4. The molecule has 2 aromatic carbocycles. The number of nitrogens with two attached hydrogens (primary N) is 2. The topological polar surface area (TPSA) is 209 Å². The minimum atomic E-state index is -2.82. The Morgan fingerprint density at radius 2 is 1.70 bits per heavy atom. The number of amides is 1. The van der Waals surface area contributed by atoms with E-state index in [-0.39, 0.29) is 30.1 Å². The highest BCUT2D eigenvalue weighted by Gasteiger charge is 2.69. The summed E-state index contributed by atoms with van der Waals surface area (Å²) < 4.78 is 13.3. The number of ketones is 4. The number of likely N-dealkylation sites (N-methyl/N-ethyl adjacent to an activating group) is 1. The molecule has 2 saturated carbocycles. The number of nitrogens with one attached hydrogen (secondary N) is 1. The lowest BCUT2D eigenvalue weighted by Crippen LogP contribution is -2.74. The van der Waals surface area contributed by atoms with Crippen molar-refractivity contribution in [2.75, 3.05) is 38.4 Å². The number of phenols is 1. The first-order valence-electron chi connectivity index (χ1n) is 13.9. The van der Waals surface area contributed by atoms with Gasteiger partial charge in [0.25, 0.3) is 0 Å². The number of guanidine groups is 1. The van der Waals surface area contributed by atoms with Crippen LogP contribution in [-0.2, 0) is 25.6 Å². The van der Waals surface area contributed by atoms with E-state index in [4.69, 9.17) is 11.5 Å². The average Bonchev–Trinajstić information content (AvgIpc) is 2.93. The molecule has 2 fully saturated rings. The molecule has 0 bridgehead atoms. The van der Waals surface area contributed by atoms with Crippen molar-refractivity contribution in [3.05, 3.63) is 47.3 Å². The monoisotopic (exact) mass is 608 g/mol. The second-order valence-electron chi connectivity index (χ2n) is 11.9. The van der Waals surface area contributed by atoms with Crippen LogP contribution in [0.2, 0.25) is 0 Å². The molecule has 7 N–H and O–H groups in total. The fourth-order valence-corrected chi connectivity index (χ4v) is 6.96. The standard InChI is InChI=1S/C30H33FN6O7/c1-36(2)18-11-17(35-29(33)34-14-7-5-13(31)6-8-14)23(38)20-15(18)9-12-10-16-22(37(3)4)25(40)21(28(32)43)27(42)30(16,44)26(41)19(12)24(20)39/h5-8,11-12,16,19,21-22,38,44H,9-10H2,1-4H3,(H2,32,43)(H3,33,34,35)/t12-,16-,19?,21?,22-,30-/m0/s1. The van der Waals surface area contributed by atoms with Crippen LogP contribution in [0.15, 0.2) is 35.3 Å². The summed E-state index contributed by atoms with van der Waals surface area (Å²) >= 11 is 0. The average molecular weight is 609 g/mol. The Hall–Kier alpha value is -4.69. The molecule has 3 aliphatic carbocycles. The fraction of sp³-hybridized carbons (Fsp3) is 0.400. The quantitative estimate of drug-likeness (QED) is 0.175. The maximum atomic E-state index is 14.1. The maximum Gasteiger partial charge on any atom is 0.235 e. The predicted molar refractivity (Wildman–Crippen MR) is 157 cm³/mol. The largest absolute Gasteiger partial charge is 0.505 e. The normalized spacial score (nSPS) is 28.3. The molecule has 0 aliphatic heterocycles. The number of hydrogen-bond acceptors (Lipinski definition) is 10. The first-order valence-corrected chi connectivity index (χ1v) is 13.9. The van der Waals surface area contributed by atoms with Crippen LogP contribution in [0.4, 0.5) is 21.5 Å². The number of Topliss-reactive ketones (excluding diaryl/α,β-unsaturated/α-hetero) is 4. The number of carbonyl (C=O) groups is 5. The highest BCUT2D eigenvalue weighted by molar-refractivity contribution is 6.32. The van der Waals surface area contributed by atoms with Gasteiger partial charge >= 0.3 is 0 Å². The second kappa shape index (κ2) is 10.8. The van der Waals surface area contributed by atoms with Crippen LogP contribution in [0, 0.1) is 29.5 Å². The number of hydrogen-bond donors (Lipinski definition) is 5. The zero-order chi connectivity index (χ0) is 32.4. The summed E-state index contributed by atoms with van der Waals surface area (Å²) in [5.74, 6) is -12.2. The molecule has 232 valence electrons. The lowest BCUT2D eigenvalue weighted by atomic mass is 9.52. The number of rotatable bonds is 5. The Labute approximate surface area is 251 Å². The molecule has 0 spiro atoms. The molecule has 13 nitrogen and oxygen atoms in total. The number of halogens is 1. The van der Waals surface area contributed by atoms with E-state index in [0.29, 0.717) is 16.9 Å². The molecule has 0 heterocycles. The molecule has 1 amide bonds. The van der Waals surface area contributed by atoms with Crippen molar-refractivity contribution in [3.8, 4) is 5.75 Å². The van der Waals surface area contributed by atoms with E-state index in [1.54, 1.807) is 19.0 Å². The van der Waals surface area contributed by atoms with E-state index in [1.165, 1.54) is 49.3 Å². The SMILES string of the molecule is CN(C)c1cc(N=C(N)Nc2ccc(F)cc2)c(O)c2c1C[C@H]1C[C@H]3[C@H](N(C)C)C(=O)C(C(N)=O)C(=O)[C@@]3(O)C(=O)C1C2=O. The number of aliphatic imine (C=N–C) groups is 1. The van der Waals surface area contributed by atoms with Crippen LogP contribution in [-0.4, -0.2) is 89.9 Å². The number of primary amides is 1. The van der Waals surface area contributed by atoms with Crippen LogP contribution in [0.1, 0.15) is 22.3 Å². The van der Waals surface area contributed by atoms with Crippen molar-refractivity contribution in [3.63, 3.8) is 0 Å². The maximum absolute atomic E-state index is 14.1. The molecule has 0 saturated heterocycles. The third-order valence-electron chi connectivity index (χ3n) is 8.86. The van der Waals surface area contributed by atoms with Gasteiger partial charge in [-0.05, 0) is 68.8 Å². The lowest BCUT2D eigenvalue weighted by Gasteiger charge is -2.52. The van der Waals surface area contributed by atoms with Gasteiger partial charge in [-0.3, -0.25) is 28.9 Å². The van der Waals surface area contributed by atoms with Gasteiger partial charge < -0.3 is 31.9 Å².